The Hall–Kier alpha value is -0.970. The number of hydrogen-bond donors (Lipinski definition) is 1. The van der Waals surface area contributed by atoms with Crippen LogP contribution in [0.4, 0.5) is 0 Å². The van der Waals surface area contributed by atoms with Gasteiger partial charge in [-0.2, -0.15) is 0 Å². The van der Waals surface area contributed by atoms with Crippen LogP contribution in [0.5, 0.6) is 0 Å². The number of ether oxygens (including phenoxy) is 2. The molecule has 0 radical (unpaired) electrons. The van der Waals surface area contributed by atoms with Gasteiger partial charge in [0.05, 0.1) is 12.3 Å². The van der Waals surface area contributed by atoms with Crippen molar-refractivity contribution < 1.29 is 9.47 Å². The van der Waals surface area contributed by atoms with Gasteiger partial charge in [0.2, 0.25) is 0 Å². The normalized spacial score (nSPS) is 10.5. The van der Waals surface area contributed by atoms with E-state index in [-0.39, 0.29) is 0 Å². The zero-order valence-corrected chi connectivity index (χ0v) is 9.11. The first-order chi connectivity index (χ1) is 7.36. The van der Waals surface area contributed by atoms with E-state index >= 15 is 0 Å². The zero-order valence-electron chi connectivity index (χ0n) is 9.11. The maximum atomic E-state index is 5.49. The van der Waals surface area contributed by atoms with Gasteiger partial charge in [0.1, 0.15) is 0 Å². The third-order valence-electron chi connectivity index (χ3n) is 2.00. The van der Waals surface area contributed by atoms with E-state index < -0.39 is 0 Å². The SMILES string of the molecule is COCCCOCc1ccnc(CN)c1. The topological polar surface area (TPSA) is 57.4 Å². The van der Waals surface area contributed by atoms with Crippen LogP contribution in [0.25, 0.3) is 0 Å². The third-order valence-corrected chi connectivity index (χ3v) is 2.00. The number of pyridine rings is 1. The van der Waals surface area contributed by atoms with Gasteiger partial charge in [0, 0.05) is 33.1 Å². The van der Waals surface area contributed by atoms with Crippen molar-refractivity contribution in [2.45, 2.75) is 19.6 Å². The molecule has 4 heteroatoms. The molecule has 0 saturated carbocycles. The molecular formula is C11H18N2O2. The lowest BCUT2D eigenvalue weighted by Crippen LogP contribution is -2.02. The van der Waals surface area contributed by atoms with Gasteiger partial charge in [-0.05, 0) is 24.1 Å². The molecule has 15 heavy (non-hydrogen) atoms. The first-order valence-electron chi connectivity index (χ1n) is 5.07. The lowest BCUT2D eigenvalue weighted by Gasteiger charge is -2.05. The summed E-state index contributed by atoms with van der Waals surface area (Å²) in [6.07, 6.45) is 2.68. The maximum Gasteiger partial charge on any atom is 0.0718 e. The van der Waals surface area contributed by atoms with Gasteiger partial charge in [-0.25, -0.2) is 0 Å². The molecule has 0 amide bonds. The number of methoxy groups -OCH3 is 1. The van der Waals surface area contributed by atoms with Crippen LogP contribution in [0.3, 0.4) is 0 Å². The molecular weight excluding hydrogens is 192 g/mol. The molecule has 0 aliphatic heterocycles. The lowest BCUT2D eigenvalue weighted by molar-refractivity contribution is 0.0928. The average Bonchev–Trinajstić information content (AvgIpc) is 2.29. The molecule has 1 aromatic rings. The van der Waals surface area contributed by atoms with Crippen LogP contribution in [0.2, 0.25) is 0 Å². The number of hydrogen-bond acceptors (Lipinski definition) is 4. The highest BCUT2D eigenvalue weighted by Crippen LogP contribution is 2.03. The Labute approximate surface area is 90.4 Å². The van der Waals surface area contributed by atoms with Crippen molar-refractivity contribution in [2.75, 3.05) is 20.3 Å². The zero-order chi connectivity index (χ0) is 10.9. The van der Waals surface area contributed by atoms with Crippen molar-refractivity contribution in [1.82, 2.24) is 4.98 Å². The second kappa shape index (κ2) is 7.34. The number of nitrogens with two attached hydrogens (primary N) is 1. The summed E-state index contributed by atoms with van der Waals surface area (Å²) < 4.78 is 10.4. The van der Waals surface area contributed by atoms with Crippen LogP contribution in [-0.2, 0) is 22.6 Å². The summed E-state index contributed by atoms with van der Waals surface area (Å²) >= 11 is 0. The summed E-state index contributed by atoms with van der Waals surface area (Å²) in [6, 6.07) is 3.91. The fourth-order valence-corrected chi connectivity index (χ4v) is 1.22. The minimum atomic E-state index is 0.470. The minimum absolute atomic E-state index is 0.470. The van der Waals surface area contributed by atoms with Crippen LogP contribution < -0.4 is 5.73 Å². The Balaban J connectivity index is 2.24. The predicted molar refractivity (Wildman–Crippen MR) is 58.3 cm³/mol. The highest BCUT2D eigenvalue weighted by atomic mass is 16.5. The first-order valence-corrected chi connectivity index (χ1v) is 5.07. The van der Waals surface area contributed by atoms with Crippen LogP contribution in [-0.4, -0.2) is 25.3 Å². The summed E-state index contributed by atoms with van der Waals surface area (Å²) in [7, 11) is 1.69. The lowest BCUT2D eigenvalue weighted by atomic mass is 10.2. The Morgan fingerprint density at radius 1 is 1.40 bits per heavy atom. The number of aromatic nitrogens is 1. The molecule has 0 aliphatic carbocycles. The van der Waals surface area contributed by atoms with Gasteiger partial charge in [-0.3, -0.25) is 4.98 Å². The van der Waals surface area contributed by atoms with E-state index in [1.165, 1.54) is 0 Å². The second-order valence-corrected chi connectivity index (χ2v) is 3.26. The summed E-state index contributed by atoms with van der Waals surface area (Å²) in [4.78, 5) is 4.11. The molecule has 0 saturated heterocycles. The molecule has 1 rings (SSSR count). The highest BCUT2D eigenvalue weighted by Gasteiger charge is 1.96. The molecule has 0 atom stereocenters. The largest absolute Gasteiger partial charge is 0.385 e. The van der Waals surface area contributed by atoms with E-state index in [1.54, 1.807) is 13.3 Å². The van der Waals surface area contributed by atoms with Gasteiger partial charge in [-0.1, -0.05) is 0 Å². The summed E-state index contributed by atoms with van der Waals surface area (Å²) in [5, 5.41) is 0. The van der Waals surface area contributed by atoms with Crippen LogP contribution >= 0.6 is 0 Å². The standard InChI is InChI=1S/C11H18N2O2/c1-14-5-2-6-15-9-10-3-4-13-11(7-10)8-12/h3-4,7H,2,5-6,8-9,12H2,1H3. The quantitative estimate of drug-likeness (QED) is 0.684. The number of nitrogens with zero attached hydrogens (tertiary/aromatic N) is 1. The second-order valence-electron chi connectivity index (χ2n) is 3.26. The maximum absolute atomic E-state index is 5.49. The van der Waals surface area contributed by atoms with Gasteiger partial charge in [0.25, 0.3) is 0 Å². The van der Waals surface area contributed by atoms with Crippen molar-refractivity contribution in [3.63, 3.8) is 0 Å². The first kappa shape index (κ1) is 12.1. The van der Waals surface area contributed by atoms with Gasteiger partial charge >= 0.3 is 0 Å². The van der Waals surface area contributed by atoms with Gasteiger partial charge < -0.3 is 15.2 Å². The van der Waals surface area contributed by atoms with E-state index in [2.05, 4.69) is 4.98 Å². The fraction of sp³-hybridized carbons (Fsp3) is 0.545. The fourth-order valence-electron chi connectivity index (χ4n) is 1.22. The van der Waals surface area contributed by atoms with E-state index in [0.29, 0.717) is 19.8 Å². The van der Waals surface area contributed by atoms with Crippen molar-refractivity contribution in [3.8, 4) is 0 Å². The van der Waals surface area contributed by atoms with Gasteiger partial charge in [-0.15, -0.1) is 0 Å². The van der Waals surface area contributed by atoms with Crippen LogP contribution in [0, 0.1) is 0 Å². The van der Waals surface area contributed by atoms with E-state index in [4.69, 9.17) is 15.2 Å². The van der Waals surface area contributed by atoms with Crippen LogP contribution in [0.1, 0.15) is 17.7 Å². The van der Waals surface area contributed by atoms with Crippen molar-refractivity contribution in [3.05, 3.63) is 29.6 Å². The molecule has 2 N–H and O–H groups in total. The van der Waals surface area contributed by atoms with Crippen LogP contribution in [0.15, 0.2) is 18.3 Å². The molecule has 0 aliphatic rings. The average molecular weight is 210 g/mol. The molecule has 1 aromatic heterocycles. The molecule has 0 bridgehead atoms. The molecule has 4 nitrogen and oxygen atoms in total. The minimum Gasteiger partial charge on any atom is -0.385 e. The van der Waals surface area contributed by atoms with E-state index in [0.717, 1.165) is 24.3 Å². The summed E-state index contributed by atoms with van der Waals surface area (Å²) in [6.45, 7) is 2.54. The van der Waals surface area contributed by atoms with E-state index in [1.807, 2.05) is 12.1 Å². The molecule has 0 aromatic carbocycles. The predicted octanol–water partition coefficient (Wildman–Crippen LogP) is 1.09. The van der Waals surface area contributed by atoms with E-state index in [9.17, 15) is 0 Å². The molecule has 0 fully saturated rings. The summed E-state index contributed by atoms with van der Waals surface area (Å²) in [5.41, 5.74) is 7.50. The van der Waals surface area contributed by atoms with Crippen molar-refractivity contribution in [2.24, 2.45) is 5.73 Å². The van der Waals surface area contributed by atoms with Crippen molar-refractivity contribution >= 4 is 0 Å². The van der Waals surface area contributed by atoms with Gasteiger partial charge in [0.15, 0.2) is 0 Å². The number of rotatable bonds is 7. The Morgan fingerprint density at radius 2 is 2.27 bits per heavy atom. The molecule has 0 unspecified atom stereocenters. The third kappa shape index (κ3) is 4.88. The highest BCUT2D eigenvalue weighted by molar-refractivity contribution is 5.15. The molecule has 1 heterocycles. The Morgan fingerprint density at radius 3 is 3.00 bits per heavy atom. The summed E-state index contributed by atoms with van der Waals surface area (Å²) in [5.74, 6) is 0. The van der Waals surface area contributed by atoms with Crippen molar-refractivity contribution in [1.29, 1.82) is 0 Å². The smallest absolute Gasteiger partial charge is 0.0718 e. The monoisotopic (exact) mass is 210 g/mol. The Bertz CT molecular complexity index is 279. The molecule has 0 spiro atoms. The molecule has 84 valence electrons. The Kier molecular flexibility index (Phi) is 5.92.